The van der Waals surface area contributed by atoms with Gasteiger partial charge in [-0.05, 0) is 12.8 Å². The Morgan fingerprint density at radius 1 is 1.39 bits per heavy atom. The molecule has 104 valence electrons. The highest BCUT2D eigenvalue weighted by atomic mass is 16.5. The fourth-order valence-corrected chi connectivity index (χ4v) is 2.21. The van der Waals surface area contributed by atoms with E-state index in [-0.39, 0.29) is 12.0 Å². The van der Waals surface area contributed by atoms with Crippen molar-refractivity contribution in [2.24, 2.45) is 17.8 Å². The molecule has 0 aromatic rings. The second kappa shape index (κ2) is 6.73. The minimum Gasteiger partial charge on any atom is -0.481 e. The van der Waals surface area contributed by atoms with Gasteiger partial charge < -0.3 is 15.2 Å². The third-order valence-corrected chi connectivity index (χ3v) is 3.84. The average Bonchev–Trinajstić information content (AvgIpc) is 2.81. The van der Waals surface area contributed by atoms with Crippen molar-refractivity contribution >= 4 is 11.9 Å². The summed E-state index contributed by atoms with van der Waals surface area (Å²) in [4.78, 5) is 22.6. The predicted molar refractivity (Wildman–Crippen MR) is 67.1 cm³/mol. The van der Waals surface area contributed by atoms with Gasteiger partial charge in [-0.25, -0.2) is 0 Å². The molecule has 1 fully saturated rings. The van der Waals surface area contributed by atoms with E-state index in [1.807, 2.05) is 0 Å². The molecule has 0 radical (unpaired) electrons. The van der Waals surface area contributed by atoms with E-state index in [2.05, 4.69) is 12.2 Å². The van der Waals surface area contributed by atoms with Crippen LogP contribution in [0.15, 0.2) is 0 Å². The SMILES string of the molecule is CCC1OCCC1CNC(=O)C(C)C(C)C(=O)O. The summed E-state index contributed by atoms with van der Waals surface area (Å²) in [6.07, 6.45) is 2.13. The Morgan fingerprint density at radius 3 is 2.61 bits per heavy atom. The molecular weight excluding hydrogens is 234 g/mol. The van der Waals surface area contributed by atoms with Crippen molar-refractivity contribution in [1.82, 2.24) is 5.32 Å². The van der Waals surface area contributed by atoms with E-state index in [9.17, 15) is 9.59 Å². The number of ether oxygens (including phenoxy) is 1. The van der Waals surface area contributed by atoms with Crippen LogP contribution in [-0.2, 0) is 14.3 Å². The summed E-state index contributed by atoms with van der Waals surface area (Å²) in [7, 11) is 0. The summed E-state index contributed by atoms with van der Waals surface area (Å²) in [6.45, 7) is 6.60. The van der Waals surface area contributed by atoms with Gasteiger partial charge in [0.05, 0.1) is 12.0 Å². The minimum absolute atomic E-state index is 0.188. The quantitative estimate of drug-likeness (QED) is 0.751. The van der Waals surface area contributed by atoms with Crippen molar-refractivity contribution < 1.29 is 19.4 Å². The van der Waals surface area contributed by atoms with Crippen LogP contribution in [0.25, 0.3) is 0 Å². The third-order valence-electron chi connectivity index (χ3n) is 3.84. The average molecular weight is 257 g/mol. The molecule has 4 atom stereocenters. The van der Waals surface area contributed by atoms with E-state index in [0.717, 1.165) is 19.4 Å². The van der Waals surface area contributed by atoms with E-state index in [1.165, 1.54) is 0 Å². The maximum absolute atomic E-state index is 11.8. The van der Waals surface area contributed by atoms with Crippen LogP contribution in [0.5, 0.6) is 0 Å². The summed E-state index contributed by atoms with van der Waals surface area (Å²) in [5.74, 6) is -1.94. The van der Waals surface area contributed by atoms with Gasteiger partial charge in [0.25, 0.3) is 0 Å². The first kappa shape index (κ1) is 15.0. The van der Waals surface area contributed by atoms with Gasteiger partial charge in [0.2, 0.25) is 5.91 Å². The van der Waals surface area contributed by atoms with Crippen molar-refractivity contribution in [2.75, 3.05) is 13.2 Å². The summed E-state index contributed by atoms with van der Waals surface area (Å²) in [5.41, 5.74) is 0. The molecule has 0 spiro atoms. The van der Waals surface area contributed by atoms with E-state index in [4.69, 9.17) is 9.84 Å². The lowest BCUT2D eigenvalue weighted by Gasteiger charge is -2.20. The number of nitrogens with one attached hydrogen (secondary N) is 1. The summed E-state index contributed by atoms with van der Waals surface area (Å²) in [6, 6.07) is 0. The zero-order valence-electron chi connectivity index (χ0n) is 11.3. The molecule has 0 aromatic heterocycles. The van der Waals surface area contributed by atoms with Crippen LogP contribution >= 0.6 is 0 Å². The number of carboxylic acids is 1. The van der Waals surface area contributed by atoms with Crippen molar-refractivity contribution in [1.29, 1.82) is 0 Å². The van der Waals surface area contributed by atoms with E-state index < -0.39 is 17.8 Å². The van der Waals surface area contributed by atoms with E-state index in [0.29, 0.717) is 12.5 Å². The van der Waals surface area contributed by atoms with Crippen molar-refractivity contribution in [3.8, 4) is 0 Å². The van der Waals surface area contributed by atoms with Crippen LogP contribution in [0.2, 0.25) is 0 Å². The van der Waals surface area contributed by atoms with Gasteiger partial charge in [-0.3, -0.25) is 9.59 Å². The molecule has 1 heterocycles. The number of carbonyl (C=O) groups is 2. The van der Waals surface area contributed by atoms with Crippen molar-refractivity contribution in [3.63, 3.8) is 0 Å². The van der Waals surface area contributed by atoms with Gasteiger partial charge >= 0.3 is 5.97 Å². The molecule has 0 bridgehead atoms. The maximum atomic E-state index is 11.8. The first-order chi connectivity index (χ1) is 8.47. The van der Waals surface area contributed by atoms with E-state index in [1.54, 1.807) is 13.8 Å². The number of rotatable bonds is 6. The molecule has 1 rings (SSSR count). The van der Waals surface area contributed by atoms with Crippen LogP contribution in [-0.4, -0.2) is 36.2 Å². The first-order valence-electron chi connectivity index (χ1n) is 6.59. The predicted octanol–water partition coefficient (Wildman–Crippen LogP) is 1.27. The van der Waals surface area contributed by atoms with Crippen LogP contribution < -0.4 is 5.32 Å². The Hall–Kier alpha value is -1.10. The third kappa shape index (κ3) is 3.70. The molecule has 0 aromatic carbocycles. The Morgan fingerprint density at radius 2 is 2.06 bits per heavy atom. The molecule has 1 amide bonds. The molecule has 18 heavy (non-hydrogen) atoms. The number of hydrogen-bond acceptors (Lipinski definition) is 3. The largest absolute Gasteiger partial charge is 0.481 e. The molecule has 0 aliphatic carbocycles. The topological polar surface area (TPSA) is 75.6 Å². The summed E-state index contributed by atoms with van der Waals surface area (Å²) >= 11 is 0. The number of amides is 1. The molecule has 5 nitrogen and oxygen atoms in total. The van der Waals surface area contributed by atoms with Crippen molar-refractivity contribution in [2.45, 2.75) is 39.7 Å². The fraction of sp³-hybridized carbons (Fsp3) is 0.846. The van der Waals surface area contributed by atoms with E-state index >= 15 is 0 Å². The van der Waals surface area contributed by atoms with Gasteiger partial charge in [0, 0.05) is 25.0 Å². The highest BCUT2D eigenvalue weighted by molar-refractivity contribution is 5.84. The number of carbonyl (C=O) groups excluding carboxylic acids is 1. The second-order valence-electron chi connectivity index (χ2n) is 5.03. The lowest BCUT2D eigenvalue weighted by molar-refractivity contribution is -0.146. The Labute approximate surface area is 108 Å². The Bertz CT molecular complexity index is 305. The number of hydrogen-bond donors (Lipinski definition) is 2. The number of aliphatic carboxylic acids is 1. The molecule has 2 N–H and O–H groups in total. The molecule has 1 aliphatic rings. The second-order valence-corrected chi connectivity index (χ2v) is 5.03. The van der Waals surface area contributed by atoms with Gasteiger partial charge in [0.1, 0.15) is 0 Å². The monoisotopic (exact) mass is 257 g/mol. The van der Waals surface area contributed by atoms with Gasteiger partial charge in [-0.2, -0.15) is 0 Å². The normalized spacial score (nSPS) is 26.6. The summed E-state index contributed by atoms with van der Waals surface area (Å²) in [5, 5.41) is 11.7. The fourth-order valence-electron chi connectivity index (χ4n) is 2.21. The van der Waals surface area contributed by atoms with Crippen LogP contribution in [0.1, 0.15) is 33.6 Å². The molecule has 5 heteroatoms. The summed E-state index contributed by atoms with van der Waals surface area (Å²) < 4.78 is 5.55. The molecule has 1 saturated heterocycles. The standard InChI is InChI=1S/C13H23NO4/c1-4-11-10(5-6-18-11)7-14-12(15)8(2)9(3)13(16)17/h8-11H,4-7H2,1-3H3,(H,14,15)(H,16,17). The van der Waals surface area contributed by atoms with Crippen LogP contribution in [0.4, 0.5) is 0 Å². The maximum Gasteiger partial charge on any atom is 0.307 e. The lowest BCUT2D eigenvalue weighted by atomic mass is 9.94. The molecule has 0 saturated carbocycles. The lowest BCUT2D eigenvalue weighted by Crippen LogP contribution is -2.39. The molecular formula is C13H23NO4. The van der Waals surface area contributed by atoms with Crippen LogP contribution in [0.3, 0.4) is 0 Å². The minimum atomic E-state index is -0.937. The smallest absolute Gasteiger partial charge is 0.307 e. The zero-order chi connectivity index (χ0) is 13.7. The van der Waals surface area contributed by atoms with Gasteiger partial charge in [-0.1, -0.05) is 20.8 Å². The molecule has 1 aliphatic heterocycles. The zero-order valence-corrected chi connectivity index (χ0v) is 11.3. The van der Waals surface area contributed by atoms with Crippen LogP contribution in [0, 0.1) is 17.8 Å². The van der Waals surface area contributed by atoms with Gasteiger partial charge in [0.15, 0.2) is 0 Å². The first-order valence-corrected chi connectivity index (χ1v) is 6.59. The highest BCUT2D eigenvalue weighted by Gasteiger charge is 2.29. The Kier molecular flexibility index (Phi) is 5.59. The number of carboxylic acid groups (broad SMARTS) is 1. The molecule has 4 unspecified atom stereocenters. The van der Waals surface area contributed by atoms with Crippen molar-refractivity contribution in [3.05, 3.63) is 0 Å². The van der Waals surface area contributed by atoms with Gasteiger partial charge in [-0.15, -0.1) is 0 Å². The highest BCUT2D eigenvalue weighted by Crippen LogP contribution is 2.22. The Balaban J connectivity index is 2.38.